The zero-order valence-corrected chi connectivity index (χ0v) is 13.6. The molecule has 1 aliphatic carbocycles. The average molecular weight is 375 g/mol. The van der Waals surface area contributed by atoms with Crippen molar-refractivity contribution in [1.29, 1.82) is 0 Å². The second kappa shape index (κ2) is 7.44. The minimum absolute atomic E-state index is 0.00107. The predicted octanol–water partition coefficient (Wildman–Crippen LogP) is 2.96. The van der Waals surface area contributed by atoms with Crippen LogP contribution < -0.4 is 10.1 Å². The Morgan fingerprint density at radius 1 is 1.23 bits per heavy atom. The SMILES string of the molecule is O[C@H]1CC[C@H](COc2nc(Nc3cnn(C(F)(F)F)c3)ncc2F)CC1. The summed E-state index contributed by atoms with van der Waals surface area (Å²) in [6.45, 7) is 0.242. The molecule has 3 rings (SSSR count). The molecular weight excluding hydrogens is 358 g/mol. The summed E-state index contributed by atoms with van der Waals surface area (Å²) in [4.78, 5) is 7.53. The fraction of sp³-hybridized carbons (Fsp3) is 0.533. The second-order valence-corrected chi connectivity index (χ2v) is 6.10. The normalized spacial score (nSPS) is 20.8. The number of aromatic nitrogens is 4. The van der Waals surface area contributed by atoms with Crippen molar-refractivity contribution in [3.63, 3.8) is 0 Å². The van der Waals surface area contributed by atoms with Crippen molar-refractivity contribution in [2.75, 3.05) is 11.9 Å². The first-order chi connectivity index (χ1) is 12.3. The van der Waals surface area contributed by atoms with Gasteiger partial charge in [-0.1, -0.05) is 0 Å². The summed E-state index contributed by atoms with van der Waals surface area (Å²) in [6, 6.07) is 0. The van der Waals surface area contributed by atoms with Crippen molar-refractivity contribution in [1.82, 2.24) is 19.7 Å². The van der Waals surface area contributed by atoms with Gasteiger partial charge in [0.25, 0.3) is 5.88 Å². The van der Waals surface area contributed by atoms with Crippen LogP contribution in [-0.4, -0.2) is 37.6 Å². The maximum Gasteiger partial charge on any atom is 0.504 e. The first-order valence-electron chi connectivity index (χ1n) is 8.03. The monoisotopic (exact) mass is 375 g/mol. The van der Waals surface area contributed by atoms with Gasteiger partial charge in [0.15, 0.2) is 0 Å². The molecule has 0 amide bonds. The van der Waals surface area contributed by atoms with E-state index in [1.54, 1.807) is 0 Å². The van der Waals surface area contributed by atoms with Crippen LogP contribution in [0.3, 0.4) is 0 Å². The van der Waals surface area contributed by atoms with E-state index in [-0.39, 0.29) is 40.8 Å². The highest BCUT2D eigenvalue weighted by Gasteiger charge is 2.31. The summed E-state index contributed by atoms with van der Waals surface area (Å²) < 4.78 is 56.6. The number of aliphatic hydroxyl groups is 1. The summed E-state index contributed by atoms with van der Waals surface area (Å²) in [6.07, 6.45) is 0.525. The molecule has 0 spiro atoms. The van der Waals surface area contributed by atoms with Gasteiger partial charge in [0, 0.05) is 0 Å². The van der Waals surface area contributed by atoms with Crippen LogP contribution in [0.2, 0.25) is 0 Å². The molecule has 2 aromatic heterocycles. The number of hydrogen-bond donors (Lipinski definition) is 2. The number of alkyl halides is 3. The number of hydrogen-bond acceptors (Lipinski definition) is 6. The number of halogens is 4. The van der Waals surface area contributed by atoms with E-state index in [1.807, 2.05) is 0 Å². The van der Waals surface area contributed by atoms with E-state index in [1.165, 1.54) is 0 Å². The van der Waals surface area contributed by atoms with Crippen LogP contribution in [0, 0.1) is 11.7 Å². The lowest BCUT2D eigenvalue weighted by atomic mass is 9.88. The standard InChI is InChI=1S/C15H17F4N5O2/c16-12-6-20-14(22-10-5-21-24(7-10)15(17,18)19)23-13(12)26-8-9-1-3-11(25)4-2-9/h5-7,9,11,25H,1-4,8H2,(H,20,22,23)/t9-,11-. The van der Waals surface area contributed by atoms with E-state index < -0.39 is 12.1 Å². The lowest BCUT2D eigenvalue weighted by Crippen LogP contribution is -2.23. The van der Waals surface area contributed by atoms with Crippen molar-refractivity contribution in [2.45, 2.75) is 38.1 Å². The Morgan fingerprint density at radius 2 is 1.96 bits per heavy atom. The molecule has 0 radical (unpaired) electrons. The summed E-state index contributed by atoms with van der Waals surface area (Å²) >= 11 is 0. The minimum Gasteiger partial charge on any atom is -0.475 e. The van der Waals surface area contributed by atoms with Crippen molar-refractivity contribution in [2.24, 2.45) is 5.92 Å². The molecule has 11 heteroatoms. The van der Waals surface area contributed by atoms with Crippen molar-refractivity contribution < 1.29 is 27.4 Å². The number of ether oxygens (including phenoxy) is 1. The molecule has 0 saturated heterocycles. The third-order valence-electron chi connectivity index (χ3n) is 4.08. The van der Waals surface area contributed by atoms with Crippen molar-refractivity contribution in [3.05, 3.63) is 24.4 Å². The molecule has 0 atom stereocenters. The van der Waals surface area contributed by atoms with Gasteiger partial charge < -0.3 is 15.2 Å². The predicted molar refractivity (Wildman–Crippen MR) is 82.3 cm³/mol. The third-order valence-corrected chi connectivity index (χ3v) is 4.08. The highest BCUT2D eigenvalue weighted by atomic mass is 19.4. The maximum absolute atomic E-state index is 13.8. The molecule has 1 fully saturated rings. The summed E-state index contributed by atoms with van der Waals surface area (Å²) in [7, 11) is 0. The van der Waals surface area contributed by atoms with Gasteiger partial charge in [-0.3, -0.25) is 0 Å². The smallest absolute Gasteiger partial charge is 0.475 e. The fourth-order valence-electron chi connectivity index (χ4n) is 2.68. The van der Waals surface area contributed by atoms with E-state index in [0.29, 0.717) is 12.8 Å². The lowest BCUT2D eigenvalue weighted by Gasteiger charge is -2.25. The van der Waals surface area contributed by atoms with Gasteiger partial charge in [0.05, 0.1) is 37.0 Å². The number of rotatable bonds is 5. The van der Waals surface area contributed by atoms with E-state index >= 15 is 0 Å². The maximum atomic E-state index is 13.8. The van der Waals surface area contributed by atoms with E-state index in [0.717, 1.165) is 31.4 Å². The van der Waals surface area contributed by atoms with Crippen LogP contribution in [0.1, 0.15) is 25.7 Å². The Hall–Kier alpha value is -2.43. The quantitative estimate of drug-likeness (QED) is 0.782. The van der Waals surface area contributed by atoms with Crippen molar-refractivity contribution >= 4 is 11.6 Å². The van der Waals surface area contributed by atoms with Crippen LogP contribution in [0.4, 0.5) is 29.2 Å². The number of nitrogens with one attached hydrogen (secondary N) is 1. The third kappa shape index (κ3) is 4.59. The highest BCUT2D eigenvalue weighted by molar-refractivity contribution is 5.50. The molecule has 0 unspecified atom stereocenters. The van der Waals surface area contributed by atoms with Crippen LogP contribution in [0.25, 0.3) is 0 Å². The van der Waals surface area contributed by atoms with Crippen LogP contribution in [0.15, 0.2) is 18.6 Å². The van der Waals surface area contributed by atoms with Gasteiger partial charge >= 0.3 is 6.30 Å². The Bertz CT molecular complexity index is 744. The molecule has 26 heavy (non-hydrogen) atoms. The van der Waals surface area contributed by atoms with Gasteiger partial charge in [-0.05, 0) is 31.6 Å². The molecule has 2 heterocycles. The summed E-state index contributed by atoms with van der Waals surface area (Å²) in [5.41, 5.74) is 0.00107. The zero-order valence-electron chi connectivity index (χ0n) is 13.6. The topological polar surface area (TPSA) is 85.1 Å². The molecule has 2 N–H and O–H groups in total. The largest absolute Gasteiger partial charge is 0.504 e. The first-order valence-corrected chi connectivity index (χ1v) is 8.03. The van der Waals surface area contributed by atoms with E-state index in [9.17, 15) is 22.7 Å². The second-order valence-electron chi connectivity index (χ2n) is 6.10. The van der Waals surface area contributed by atoms with E-state index in [4.69, 9.17) is 4.74 Å². The Morgan fingerprint density at radius 3 is 2.62 bits per heavy atom. The minimum atomic E-state index is -4.63. The van der Waals surface area contributed by atoms with Gasteiger partial charge in [0.2, 0.25) is 11.8 Å². The Labute approximate surface area is 146 Å². The molecule has 2 aromatic rings. The first kappa shape index (κ1) is 18.4. The highest BCUT2D eigenvalue weighted by Crippen LogP contribution is 2.26. The average Bonchev–Trinajstić information content (AvgIpc) is 3.06. The van der Waals surface area contributed by atoms with Crippen LogP contribution >= 0.6 is 0 Å². The van der Waals surface area contributed by atoms with Gasteiger partial charge in [0.1, 0.15) is 0 Å². The molecule has 0 aliphatic heterocycles. The molecule has 0 aromatic carbocycles. The zero-order chi connectivity index (χ0) is 18.7. The van der Waals surface area contributed by atoms with Crippen molar-refractivity contribution in [3.8, 4) is 5.88 Å². The molecule has 142 valence electrons. The summed E-state index contributed by atoms with van der Waals surface area (Å²) in [5.74, 6) is -0.967. The van der Waals surface area contributed by atoms with Gasteiger partial charge in [-0.15, -0.1) is 13.2 Å². The number of anilines is 2. The van der Waals surface area contributed by atoms with Crippen LogP contribution in [-0.2, 0) is 6.30 Å². The van der Waals surface area contributed by atoms with Crippen LogP contribution in [0.5, 0.6) is 5.88 Å². The number of aliphatic hydroxyl groups excluding tert-OH is 1. The molecule has 0 bridgehead atoms. The molecule has 7 nitrogen and oxygen atoms in total. The Balaban J connectivity index is 1.63. The number of nitrogens with zero attached hydrogens (tertiary/aromatic N) is 4. The van der Waals surface area contributed by atoms with Gasteiger partial charge in [-0.2, -0.15) is 19.2 Å². The Kier molecular flexibility index (Phi) is 5.25. The summed E-state index contributed by atoms with van der Waals surface area (Å²) in [5, 5.41) is 15.2. The molecule has 1 aliphatic rings. The molecular formula is C15H17F4N5O2. The van der Waals surface area contributed by atoms with E-state index in [2.05, 4.69) is 20.4 Å². The molecule has 1 saturated carbocycles. The lowest BCUT2D eigenvalue weighted by molar-refractivity contribution is -0.212. The fourth-order valence-corrected chi connectivity index (χ4v) is 2.68. The van der Waals surface area contributed by atoms with Gasteiger partial charge in [-0.25, -0.2) is 4.98 Å².